The molecule has 0 amide bonds. The van der Waals surface area contributed by atoms with E-state index in [1.807, 2.05) is 11.8 Å². The number of hydrogen-bond acceptors (Lipinski definition) is 2. The lowest BCUT2D eigenvalue weighted by atomic mass is 9.95. The van der Waals surface area contributed by atoms with Gasteiger partial charge in [0.2, 0.25) is 0 Å². The van der Waals surface area contributed by atoms with E-state index in [4.69, 9.17) is 0 Å². The van der Waals surface area contributed by atoms with E-state index in [9.17, 15) is 0 Å². The number of thioether (sulfide) groups is 1. The Morgan fingerprint density at radius 3 is 2.15 bits per heavy atom. The van der Waals surface area contributed by atoms with Gasteiger partial charge in [-0.05, 0) is 37.0 Å². The Balaban J connectivity index is 2.76. The first-order chi connectivity index (χ1) is 9.56. The summed E-state index contributed by atoms with van der Waals surface area (Å²) in [5.74, 6) is 0.708. The molecule has 0 bridgehead atoms. The number of rotatable bonds is 9. The predicted octanol–water partition coefficient (Wildman–Crippen LogP) is 5.29. The van der Waals surface area contributed by atoms with E-state index in [1.165, 1.54) is 24.8 Å². The van der Waals surface area contributed by atoms with Crippen LogP contribution in [0.1, 0.15) is 58.6 Å². The highest BCUT2D eigenvalue weighted by atomic mass is 32.2. The van der Waals surface area contributed by atoms with Gasteiger partial charge >= 0.3 is 0 Å². The molecule has 1 aromatic rings. The molecular formula is C18H31NS. The molecule has 0 spiro atoms. The van der Waals surface area contributed by atoms with Crippen molar-refractivity contribution in [3.63, 3.8) is 0 Å². The fourth-order valence-corrected chi connectivity index (χ4v) is 3.47. The first kappa shape index (κ1) is 17.6. The lowest BCUT2D eigenvalue weighted by Crippen LogP contribution is -2.38. The van der Waals surface area contributed by atoms with Crippen molar-refractivity contribution in [1.29, 1.82) is 0 Å². The molecule has 1 rings (SSSR count). The highest BCUT2D eigenvalue weighted by Gasteiger charge is 2.26. The Kier molecular flexibility index (Phi) is 7.68. The maximum Gasteiger partial charge on any atom is 0.0323 e. The number of nitrogens with one attached hydrogen (secondary N) is 1. The molecular weight excluding hydrogens is 262 g/mol. The van der Waals surface area contributed by atoms with Crippen molar-refractivity contribution in [2.24, 2.45) is 5.92 Å². The number of hydrogen-bond donors (Lipinski definition) is 1. The third kappa shape index (κ3) is 5.14. The van der Waals surface area contributed by atoms with Crippen LogP contribution in [0.15, 0.2) is 30.3 Å². The molecule has 0 heterocycles. The summed E-state index contributed by atoms with van der Waals surface area (Å²) >= 11 is 2.01. The Morgan fingerprint density at radius 2 is 1.70 bits per heavy atom. The Hall–Kier alpha value is -0.470. The molecule has 0 aliphatic heterocycles. The van der Waals surface area contributed by atoms with Crippen molar-refractivity contribution in [1.82, 2.24) is 5.32 Å². The molecule has 0 radical (unpaired) electrons. The average molecular weight is 294 g/mol. The van der Waals surface area contributed by atoms with Gasteiger partial charge in [-0.15, -0.1) is 0 Å². The van der Waals surface area contributed by atoms with Gasteiger partial charge in [0.1, 0.15) is 0 Å². The zero-order valence-electron chi connectivity index (χ0n) is 13.8. The minimum absolute atomic E-state index is 0.379. The van der Waals surface area contributed by atoms with Crippen LogP contribution in [0.25, 0.3) is 0 Å². The summed E-state index contributed by atoms with van der Waals surface area (Å²) in [4.78, 5) is 0. The van der Waals surface area contributed by atoms with E-state index in [2.05, 4.69) is 69.6 Å². The first-order valence-corrected chi connectivity index (χ1v) is 9.12. The molecule has 1 unspecified atom stereocenters. The maximum absolute atomic E-state index is 3.84. The summed E-state index contributed by atoms with van der Waals surface area (Å²) in [5, 5.41) is 3.84. The fraction of sp³-hybridized carbons (Fsp3) is 0.667. The van der Waals surface area contributed by atoms with Crippen LogP contribution in [0.5, 0.6) is 0 Å². The third-order valence-corrected chi connectivity index (χ3v) is 5.89. The van der Waals surface area contributed by atoms with Crippen LogP contribution in [0, 0.1) is 5.92 Å². The smallest absolute Gasteiger partial charge is 0.0323 e. The average Bonchev–Trinajstić information content (AvgIpc) is 2.48. The summed E-state index contributed by atoms with van der Waals surface area (Å²) < 4.78 is 0.379. The molecule has 0 aliphatic rings. The summed E-state index contributed by atoms with van der Waals surface area (Å²) in [6, 6.07) is 11.4. The van der Waals surface area contributed by atoms with Crippen LogP contribution >= 0.6 is 11.8 Å². The van der Waals surface area contributed by atoms with Gasteiger partial charge in [-0.3, -0.25) is 0 Å². The van der Waals surface area contributed by atoms with Crippen molar-refractivity contribution in [3.05, 3.63) is 35.9 Å². The minimum atomic E-state index is 0.379. The van der Waals surface area contributed by atoms with Crippen molar-refractivity contribution >= 4 is 11.8 Å². The van der Waals surface area contributed by atoms with Gasteiger partial charge in [-0.2, -0.15) is 11.8 Å². The van der Waals surface area contributed by atoms with E-state index in [0.29, 0.717) is 16.7 Å². The molecule has 1 atom stereocenters. The molecule has 0 fully saturated rings. The molecule has 0 aromatic heterocycles. The summed E-state index contributed by atoms with van der Waals surface area (Å²) in [5.41, 5.74) is 1.42. The molecule has 1 N–H and O–H groups in total. The van der Waals surface area contributed by atoms with Crippen LogP contribution in [-0.2, 0) is 0 Å². The largest absolute Gasteiger partial charge is 0.309 e. The second-order valence-corrected chi connectivity index (χ2v) is 7.34. The van der Waals surface area contributed by atoms with Gasteiger partial charge in [0.15, 0.2) is 0 Å². The van der Waals surface area contributed by atoms with E-state index < -0.39 is 0 Å². The quantitative estimate of drug-likeness (QED) is 0.664. The predicted molar refractivity (Wildman–Crippen MR) is 93.5 cm³/mol. The normalized spacial score (nSPS) is 13.7. The zero-order chi connectivity index (χ0) is 15.0. The van der Waals surface area contributed by atoms with E-state index in [1.54, 1.807) is 0 Å². The molecule has 20 heavy (non-hydrogen) atoms. The van der Waals surface area contributed by atoms with Crippen molar-refractivity contribution in [3.8, 4) is 0 Å². The molecule has 0 aliphatic carbocycles. The second-order valence-electron chi connectivity index (χ2n) is 6.07. The topological polar surface area (TPSA) is 12.0 Å². The zero-order valence-corrected chi connectivity index (χ0v) is 14.6. The van der Waals surface area contributed by atoms with Crippen molar-refractivity contribution < 1.29 is 0 Å². The van der Waals surface area contributed by atoms with Crippen LogP contribution in [-0.4, -0.2) is 17.5 Å². The van der Waals surface area contributed by atoms with Gasteiger partial charge in [0.05, 0.1) is 0 Å². The fourth-order valence-electron chi connectivity index (χ4n) is 2.66. The highest BCUT2D eigenvalue weighted by molar-refractivity contribution is 8.00. The van der Waals surface area contributed by atoms with Crippen LogP contribution < -0.4 is 5.32 Å². The number of benzene rings is 1. The second kappa shape index (κ2) is 8.74. The monoisotopic (exact) mass is 293 g/mol. The summed E-state index contributed by atoms with van der Waals surface area (Å²) in [7, 11) is 0. The third-order valence-electron chi connectivity index (χ3n) is 4.30. The Labute approximate surface area is 129 Å². The van der Waals surface area contributed by atoms with Crippen LogP contribution in [0.2, 0.25) is 0 Å². The lowest BCUT2D eigenvalue weighted by molar-refractivity contribution is 0.393. The molecule has 0 saturated carbocycles. The van der Waals surface area contributed by atoms with Crippen molar-refractivity contribution in [2.45, 2.75) is 57.7 Å². The molecule has 2 heteroatoms. The van der Waals surface area contributed by atoms with Gasteiger partial charge in [0, 0.05) is 17.3 Å². The molecule has 0 saturated heterocycles. The van der Waals surface area contributed by atoms with Gasteiger partial charge in [-0.25, -0.2) is 0 Å². The Morgan fingerprint density at radius 1 is 1.10 bits per heavy atom. The Bertz CT molecular complexity index is 349. The summed E-state index contributed by atoms with van der Waals surface area (Å²) in [6.45, 7) is 10.3. The van der Waals surface area contributed by atoms with Gasteiger partial charge in [0.25, 0.3) is 0 Å². The van der Waals surface area contributed by atoms with E-state index >= 15 is 0 Å². The molecule has 114 valence electrons. The van der Waals surface area contributed by atoms with Gasteiger partial charge in [-0.1, -0.05) is 58.0 Å². The van der Waals surface area contributed by atoms with E-state index in [-0.39, 0.29) is 0 Å². The summed E-state index contributed by atoms with van der Waals surface area (Å²) in [6.07, 6.45) is 5.89. The lowest BCUT2D eigenvalue weighted by Gasteiger charge is -2.33. The van der Waals surface area contributed by atoms with Crippen LogP contribution in [0.4, 0.5) is 0 Å². The molecule has 1 aromatic carbocycles. The standard InChI is InChI=1S/C18H31NS/c1-6-18(7-2,20-5)14-19-17(13-15(3)4)16-11-9-8-10-12-16/h8-12,15,17,19H,6-7,13-14H2,1-5H3. The van der Waals surface area contributed by atoms with E-state index in [0.717, 1.165) is 6.54 Å². The van der Waals surface area contributed by atoms with Crippen LogP contribution in [0.3, 0.4) is 0 Å². The SMILES string of the molecule is CCC(CC)(CNC(CC(C)C)c1ccccc1)SC. The van der Waals surface area contributed by atoms with Crippen molar-refractivity contribution in [2.75, 3.05) is 12.8 Å². The maximum atomic E-state index is 3.84. The minimum Gasteiger partial charge on any atom is -0.309 e. The molecule has 1 nitrogen and oxygen atoms in total. The highest BCUT2D eigenvalue weighted by Crippen LogP contribution is 2.31. The van der Waals surface area contributed by atoms with Gasteiger partial charge < -0.3 is 5.32 Å². The first-order valence-electron chi connectivity index (χ1n) is 7.90.